The molecule has 0 spiro atoms. The van der Waals surface area contributed by atoms with Crippen LogP contribution in [-0.4, -0.2) is 34.8 Å². The largest absolute Gasteiger partial charge is 0.459 e. The first-order chi connectivity index (χ1) is 14.4. The summed E-state index contributed by atoms with van der Waals surface area (Å²) in [5.41, 5.74) is 3.39. The van der Waals surface area contributed by atoms with Crippen molar-refractivity contribution in [3.05, 3.63) is 59.5 Å². The maximum atomic E-state index is 12.6. The molecule has 7 heteroatoms. The van der Waals surface area contributed by atoms with Crippen LogP contribution >= 0.6 is 0 Å². The normalized spacial score (nSPS) is 16.1. The zero-order valence-electron chi connectivity index (χ0n) is 17.2. The van der Waals surface area contributed by atoms with Crippen LogP contribution in [0, 0.1) is 6.92 Å². The minimum atomic E-state index is -0.139. The topological polar surface area (TPSA) is 87.5 Å². The number of fused-ring (bicyclic) bond motifs is 2. The van der Waals surface area contributed by atoms with Crippen LogP contribution in [0.4, 0.5) is 11.5 Å². The number of hydrogen-bond acceptors (Lipinski definition) is 5. The van der Waals surface area contributed by atoms with E-state index in [1.807, 2.05) is 44.2 Å². The fourth-order valence-corrected chi connectivity index (χ4v) is 3.52. The van der Waals surface area contributed by atoms with Crippen LogP contribution in [0.1, 0.15) is 33.1 Å². The van der Waals surface area contributed by atoms with Crippen LogP contribution in [0.5, 0.6) is 0 Å². The number of carbonyl (C=O) groups excluding carboxylic acids is 2. The molecule has 0 bridgehead atoms. The zero-order chi connectivity index (χ0) is 21.3. The summed E-state index contributed by atoms with van der Waals surface area (Å²) in [5.74, 6) is 1.08. The number of benzene rings is 1. The lowest BCUT2D eigenvalue weighted by atomic mass is 10.1. The Hall–Kier alpha value is -3.61. The number of nitrogens with one attached hydrogen (secondary N) is 2. The first-order valence-corrected chi connectivity index (χ1v) is 9.87. The van der Waals surface area contributed by atoms with Crippen molar-refractivity contribution in [3.63, 3.8) is 0 Å². The Bertz CT molecular complexity index is 1160. The van der Waals surface area contributed by atoms with Crippen molar-refractivity contribution in [2.45, 2.75) is 32.9 Å². The second-order valence-corrected chi connectivity index (χ2v) is 7.64. The zero-order valence-corrected chi connectivity index (χ0v) is 17.2. The average Bonchev–Trinajstić information content (AvgIpc) is 2.94. The van der Waals surface area contributed by atoms with E-state index in [4.69, 9.17) is 4.42 Å². The minimum Gasteiger partial charge on any atom is -0.459 e. The smallest absolute Gasteiger partial charge is 0.246 e. The van der Waals surface area contributed by atoms with Gasteiger partial charge in [-0.3, -0.25) is 9.59 Å². The van der Waals surface area contributed by atoms with Crippen LogP contribution < -0.4 is 10.6 Å². The number of likely N-dealkylation sites (N-methyl/N-ethyl adjacent to an activating group) is 1. The maximum absolute atomic E-state index is 12.6. The van der Waals surface area contributed by atoms with Crippen molar-refractivity contribution in [2.75, 3.05) is 17.7 Å². The van der Waals surface area contributed by atoms with Gasteiger partial charge >= 0.3 is 0 Å². The monoisotopic (exact) mass is 408 g/mol. The molecule has 0 aliphatic carbocycles. The first kappa shape index (κ1) is 19.7. The number of furan rings is 1. The molecule has 7 nitrogen and oxygen atoms in total. The predicted octanol–water partition coefficient (Wildman–Crippen LogP) is 4.44. The van der Waals surface area contributed by atoms with Crippen molar-refractivity contribution in [2.24, 2.45) is 0 Å². The third kappa shape index (κ3) is 4.05. The third-order valence-corrected chi connectivity index (χ3v) is 5.18. The van der Waals surface area contributed by atoms with Gasteiger partial charge in [-0.1, -0.05) is 18.2 Å². The van der Waals surface area contributed by atoms with E-state index in [0.717, 1.165) is 33.5 Å². The van der Waals surface area contributed by atoms with E-state index in [0.29, 0.717) is 18.8 Å². The number of amides is 2. The maximum Gasteiger partial charge on any atom is 0.246 e. The molecule has 0 fully saturated rings. The number of rotatable bonds is 4. The number of hydrogen-bond donors (Lipinski definition) is 2. The third-order valence-electron chi connectivity index (χ3n) is 5.18. The van der Waals surface area contributed by atoms with E-state index in [2.05, 4.69) is 15.6 Å². The van der Waals surface area contributed by atoms with Crippen molar-refractivity contribution >= 4 is 40.4 Å². The van der Waals surface area contributed by atoms with Crippen LogP contribution in [-0.2, 0) is 16.1 Å². The quantitative estimate of drug-likeness (QED) is 0.623. The minimum absolute atomic E-state index is 0. The summed E-state index contributed by atoms with van der Waals surface area (Å²) in [6.07, 6.45) is 5.24. The predicted molar refractivity (Wildman–Crippen MR) is 121 cm³/mol. The van der Waals surface area contributed by atoms with E-state index in [1.165, 1.54) is 6.08 Å². The molecule has 158 valence electrons. The van der Waals surface area contributed by atoms with Crippen molar-refractivity contribution in [1.82, 2.24) is 9.88 Å². The molecule has 0 unspecified atom stereocenters. The summed E-state index contributed by atoms with van der Waals surface area (Å²) in [4.78, 5) is 30.3. The number of nitrogens with zero attached hydrogens (tertiary/aromatic N) is 2. The summed E-state index contributed by atoms with van der Waals surface area (Å²) < 4.78 is 5.90. The second kappa shape index (κ2) is 8.02. The number of para-hydroxylation sites is 1. The lowest BCUT2D eigenvalue weighted by molar-refractivity contribution is -0.125. The summed E-state index contributed by atoms with van der Waals surface area (Å²) in [7, 11) is 1.74. The van der Waals surface area contributed by atoms with Crippen LogP contribution in [0.25, 0.3) is 17.0 Å². The van der Waals surface area contributed by atoms with E-state index in [1.54, 1.807) is 24.2 Å². The summed E-state index contributed by atoms with van der Waals surface area (Å²) >= 11 is 0. The molecule has 1 aliphatic heterocycles. The Balaban J connectivity index is 0.00000181. The fraction of sp³-hybridized carbons (Fsp3) is 0.261. The van der Waals surface area contributed by atoms with Gasteiger partial charge in [0, 0.05) is 45.6 Å². The molecule has 2 N–H and O–H groups in total. The van der Waals surface area contributed by atoms with E-state index >= 15 is 0 Å². The Kier molecular flexibility index (Phi) is 5.27. The van der Waals surface area contributed by atoms with Gasteiger partial charge in [-0.15, -0.1) is 0 Å². The molecule has 0 radical (unpaired) electrons. The molecule has 4 rings (SSSR count). The molecular formula is C23H28N4O3. The summed E-state index contributed by atoms with van der Waals surface area (Å²) in [6, 6.07) is 9.73. The highest BCUT2D eigenvalue weighted by Gasteiger charge is 2.18. The van der Waals surface area contributed by atoms with Gasteiger partial charge in [0.25, 0.3) is 0 Å². The molecule has 0 saturated heterocycles. The van der Waals surface area contributed by atoms with Crippen LogP contribution in [0.3, 0.4) is 0 Å². The van der Waals surface area contributed by atoms with E-state index in [9.17, 15) is 9.59 Å². The van der Waals surface area contributed by atoms with Gasteiger partial charge in [-0.05, 0) is 37.6 Å². The Morgan fingerprint density at radius 2 is 2.20 bits per heavy atom. The number of aryl methyl sites for hydroxylation is 1. The number of aromatic nitrogens is 1. The highest BCUT2D eigenvalue weighted by atomic mass is 16.3. The molecule has 30 heavy (non-hydrogen) atoms. The van der Waals surface area contributed by atoms with Gasteiger partial charge < -0.3 is 20.0 Å². The molecule has 3 heterocycles. The number of pyridine rings is 1. The molecule has 1 aromatic carbocycles. The summed E-state index contributed by atoms with van der Waals surface area (Å²) in [6.45, 7) is 4.33. The van der Waals surface area contributed by atoms with Gasteiger partial charge in [-0.2, -0.15) is 0 Å². The standard InChI is InChI=1S/C23H24N4O3.2H2/c1-14-10-21(28)26-23-18(25-14)11-16(12-24-23)8-9-22(29)27(3)13-20-15(2)17-6-4-5-7-19(17)30-20;;/h4-9,11-12,14,25H,10,13H2,1-3H3,(H,24,26,28);2*1H/b9-8+;;/t14-;;/m1../s1. The lowest BCUT2D eigenvalue weighted by Gasteiger charge is -2.14. The number of carbonyl (C=O) groups is 2. The molecule has 0 saturated carbocycles. The Labute approximate surface area is 177 Å². The highest BCUT2D eigenvalue weighted by Crippen LogP contribution is 2.27. The van der Waals surface area contributed by atoms with Gasteiger partial charge in [0.05, 0.1) is 12.2 Å². The van der Waals surface area contributed by atoms with Crippen molar-refractivity contribution in [3.8, 4) is 0 Å². The second-order valence-electron chi connectivity index (χ2n) is 7.64. The molecule has 2 aromatic heterocycles. The van der Waals surface area contributed by atoms with Gasteiger partial charge in [0.1, 0.15) is 11.3 Å². The van der Waals surface area contributed by atoms with E-state index < -0.39 is 0 Å². The number of anilines is 2. The molecule has 1 atom stereocenters. The lowest BCUT2D eigenvalue weighted by Crippen LogP contribution is -2.24. The molecule has 2 amide bonds. The molecule has 3 aromatic rings. The van der Waals surface area contributed by atoms with Gasteiger partial charge in [0.2, 0.25) is 11.8 Å². The average molecular weight is 409 g/mol. The summed E-state index contributed by atoms with van der Waals surface area (Å²) in [5, 5.41) is 7.12. The van der Waals surface area contributed by atoms with Crippen molar-refractivity contribution in [1.29, 1.82) is 0 Å². The van der Waals surface area contributed by atoms with E-state index in [-0.39, 0.29) is 20.7 Å². The fourth-order valence-electron chi connectivity index (χ4n) is 3.52. The highest BCUT2D eigenvalue weighted by molar-refractivity contribution is 5.96. The van der Waals surface area contributed by atoms with Gasteiger partial charge in [0.15, 0.2) is 5.82 Å². The van der Waals surface area contributed by atoms with Crippen LogP contribution in [0.15, 0.2) is 47.0 Å². The molecular weight excluding hydrogens is 380 g/mol. The Morgan fingerprint density at radius 1 is 1.40 bits per heavy atom. The molecule has 1 aliphatic rings. The first-order valence-electron chi connectivity index (χ1n) is 9.87. The van der Waals surface area contributed by atoms with Crippen LogP contribution in [0.2, 0.25) is 0 Å². The SMILES string of the molecule is Cc1c(CN(C)C(=O)/C=C/c2cnc3c(c2)N[C@H](C)CC(=O)N3)oc2ccccc12.[HH].[HH]. The van der Waals surface area contributed by atoms with Crippen molar-refractivity contribution < 1.29 is 16.9 Å². The Morgan fingerprint density at radius 3 is 3.00 bits per heavy atom. The van der Waals surface area contributed by atoms with Gasteiger partial charge in [-0.25, -0.2) is 4.98 Å².